The number of nitrogens with one attached hydrogen (secondary N) is 1. The largest absolute Gasteiger partial charge is 0.322 e. The molecule has 0 fully saturated rings. The number of carbonyl (C=O) groups excluding carboxylic acids is 1. The molecule has 0 unspecified atom stereocenters. The van der Waals surface area contributed by atoms with Crippen molar-refractivity contribution in [1.82, 2.24) is 9.47 Å². The number of para-hydroxylation sites is 1. The zero-order valence-electron chi connectivity index (χ0n) is 16.2. The van der Waals surface area contributed by atoms with E-state index in [4.69, 9.17) is 0 Å². The van der Waals surface area contributed by atoms with E-state index in [1.54, 1.807) is 12.1 Å². The lowest BCUT2D eigenvalue weighted by molar-refractivity contribution is 0.194. The zero-order valence-corrected chi connectivity index (χ0v) is 16.2. The van der Waals surface area contributed by atoms with Crippen LogP contribution in [0.5, 0.6) is 0 Å². The Bertz CT molecular complexity index is 1180. The Morgan fingerprint density at radius 1 is 0.867 bits per heavy atom. The topological polar surface area (TPSA) is 37.3 Å². The third kappa shape index (κ3) is 3.24. The highest BCUT2D eigenvalue weighted by Gasteiger charge is 2.32. The minimum Gasteiger partial charge on any atom is -0.318 e. The van der Waals surface area contributed by atoms with E-state index in [0.29, 0.717) is 12.2 Å². The lowest BCUT2D eigenvalue weighted by atomic mass is 10.0. The maximum Gasteiger partial charge on any atom is 0.322 e. The van der Waals surface area contributed by atoms with E-state index >= 15 is 0 Å². The van der Waals surface area contributed by atoms with Gasteiger partial charge in [-0.25, -0.2) is 9.18 Å². The molecule has 4 nitrogen and oxygen atoms in total. The van der Waals surface area contributed by atoms with Crippen molar-refractivity contribution in [3.05, 3.63) is 120 Å². The molecule has 1 atom stereocenters. The Morgan fingerprint density at radius 3 is 2.40 bits per heavy atom. The molecule has 1 aromatic heterocycles. The van der Waals surface area contributed by atoms with Crippen molar-refractivity contribution in [2.24, 2.45) is 0 Å². The fourth-order valence-corrected chi connectivity index (χ4v) is 4.05. The second kappa shape index (κ2) is 7.52. The van der Waals surface area contributed by atoms with Gasteiger partial charge in [0.2, 0.25) is 0 Å². The zero-order chi connectivity index (χ0) is 20.5. The molecule has 0 radical (unpaired) electrons. The smallest absolute Gasteiger partial charge is 0.318 e. The van der Waals surface area contributed by atoms with E-state index in [1.807, 2.05) is 65.7 Å². The van der Waals surface area contributed by atoms with Gasteiger partial charge in [-0.15, -0.1) is 0 Å². The number of fused-ring (bicyclic) bond motifs is 3. The molecule has 0 saturated carbocycles. The highest BCUT2D eigenvalue weighted by atomic mass is 19.1. The molecule has 3 aromatic carbocycles. The third-order valence-corrected chi connectivity index (χ3v) is 5.44. The number of benzene rings is 3. The second-order valence-corrected chi connectivity index (χ2v) is 7.31. The van der Waals surface area contributed by atoms with Gasteiger partial charge in [0.25, 0.3) is 0 Å². The molecule has 148 valence electrons. The van der Waals surface area contributed by atoms with Crippen LogP contribution in [0.4, 0.5) is 14.9 Å². The summed E-state index contributed by atoms with van der Waals surface area (Å²) in [5, 5.41) is 2.93. The average Bonchev–Trinajstić information content (AvgIpc) is 3.20. The Kier molecular flexibility index (Phi) is 4.56. The molecular weight excluding hydrogens is 377 g/mol. The summed E-state index contributed by atoms with van der Waals surface area (Å²) in [4.78, 5) is 15.3. The highest BCUT2D eigenvalue weighted by Crippen LogP contribution is 2.36. The number of aromatic nitrogens is 1. The predicted octanol–water partition coefficient (Wildman–Crippen LogP) is 5.75. The van der Waals surface area contributed by atoms with Crippen LogP contribution < -0.4 is 5.32 Å². The van der Waals surface area contributed by atoms with Gasteiger partial charge in [-0.2, -0.15) is 0 Å². The summed E-state index contributed by atoms with van der Waals surface area (Å²) in [6, 6.07) is 27.5. The number of urea groups is 1. The molecule has 1 aliphatic rings. The average molecular weight is 397 g/mol. The van der Waals surface area contributed by atoms with Gasteiger partial charge in [0.1, 0.15) is 5.82 Å². The lowest BCUT2D eigenvalue weighted by Crippen LogP contribution is -2.37. The van der Waals surface area contributed by atoms with E-state index in [-0.39, 0.29) is 17.9 Å². The van der Waals surface area contributed by atoms with Gasteiger partial charge in [-0.05, 0) is 53.6 Å². The number of rotatable bonds is 2. The molecule has 5 heteroatoms. The van der Waals surface area contributed by atoms with E-state index < -0.39 is 0 Å². The highest BCUT2D eigenvalue weighted by molar-refractivity contribution is 5.90. The Labute approximate surface area is 174 Å². The van der Waals surface area contributed by atoms with E-state index in [1.165, 1.54) is 12.1 Å². The number of hydrogen-bond donors (Lipinski definition) is 1. The summed E-state index contributed by atoms with van der Waals surface area (Å²) in [6.45, 7) is 0.449. The Hall–Kier alpha value is -3.86. The van der Waals surface area contributed by atoms with Crippen LogP contribution in [0.3, 0.4) is 0 Å². The molecular formula is C25H20FN3O. The summed E-state index contributed by atoms with van der Waals surface area (Å²) >= 11 is 0. The molecule has 5 rings (SSSR count). The Morgan fingerprint density at radius 2 is 1.60 bits per heavy atom. The SMILES string of the molecule is O=C(Nc1ccc(F)cc1)N1Cc2ccccc2-n2cccc2[C@H]1c1ccccc1. The molecule has 30 heavy (non-hydrogen) atoms. The number of hydrogen-bond acceptors (Lipinski definition) is 1. The molecule has 2 amide bonds. The van der Waals surface area contributed by atoms with Crippen LogP contribution in [-0.2, 0) is 6.54 Å². The van der Waals surface area contributed by atoms with Gasteiger partial charge in [0.05, 0.1) is 18.3 Å². The molecule has 1 aliphatic heterocycles. The van der Waals surface area contributed by atoms with Gasteiger partial charge in [-0.1, -0.05) is 48.5 Å². The normalized spacial score (nSPS) is 15.1. The first-order valence-electron chi connectivity index (χ1n) is 9.84. The summed E-state index contributed by atoms with van der Waals surface area (Å²) in [6.07, 6.45) is 2.03. The van der Waals surface area contributed by atoms with E-state index in [2.05, 4.69) is 22.0 Å². The van der Waals surface area contributed by atoms with Crippen molar-refractivity contribution in [2.75, 3.05) is 5.32 Å². The lowest BCUT2D eigenvalue weighted by Gasteiger charge is -2.31. The monoisotopic (exact) mass is 397 g/mol. The maximum atomic E-state index is 13.4. The minimum absolute atomic E-state index is 0.236. The van der Waals surface area contributed by atoms with Crippen LogP contribution in [-0.4, -0.2) is 15.5 Å². The maximum absolute atomic E-state index is 13.4. The van der Waals surface area contributed by atoms with Crippen molar-refractivity contribution < 1.29 is 9.18 Å². The fourth-order valence-electron chi connectivity index (χ4n) is 4.05. The van der Waals surface area contributed by atoms with E-state index in [0.717, 1.165) is 22.5 Å². The predicted molar refractivity (Wildman–Crippen MR) is 115 cm³/mol. The summed E-state index contributed by atoms with van der Waals surface area (Å²) in [5.41, 5.74) is 4.72. The minimum atomic E-state index is -0.336. The molecule has 2 heterocycles. The quantitative estimate of drug-likeness (QED) is 0.459. The van der Waals surface area contributed by atoms with Crippen molar-refractivity contribution in [1.29, 1.82) is 0 Å². The molecule has 0 spiro atoms. The summed E-state index contributed by atoms with van der Waals surface area (Å²) < 4.78 is 15.4. The molecule has 4 aromatic rings. The fraction of sp³-hybridized carbons (Fsp3) is 0.0800. The molecule has 1 N–H and O–H groups in total. The van der Waals surface area contributed by atoms with Crippen LogP contribution in [0.1, 0.15) is 22.9 Å². The molecule has 0 aliphatic carbocycles. The number of nitrogens with zero attached hydrogens (tertiary/aromatic N) is 2. The standard InChI is InChI=1S/C25H20FN3O/c26-20-12-14-21(15-13-20)27-25(30)29-17-19-9-4-5-10-22(19)28-16-6-11-23(28)24(29)18-7-2-1-3-8-18/h1-16,24H,17H2,(H,27,30)/t24-/m1/s1. The third-order valence-electron chi connectivity index (χ3n) is 5.44. The van der Waals surface area contributed by atoms with Crippen molar-refractivity contribution in [3.63, 3.8) is 0 Å². The van der Waals surface area contributed by atoms with Gasteiger partial charge in [-0.3, -0.25) is 0 Å². The summed E-state index contributed by atoms with van der Waals surface area (Å²) in [7, 11) is 0. The summed E-state index contributed by atoms with van der Waals surface area (Å²) in [5.74, 6) is -0.336. The number of anilines is 1. The van der Waals surface area contributed by atoms with Crippen LogP contribution in [0, 0.1) is 5.82 Å². The van der Waals surface area contributed by atoms with Crippen LogP contribution in [0.15, 0.2) is 97.2 Å². The number of halogens is 1. The van der Waals surface area contributed by atoms with Crippen molar-refractivity contribution >= 4 is 11.7 Å². The number of amides is 2. The van der Waals surface area contributed by atoms with Gasteiger partial charge < -0.3 is 14.8 Å². The van der Waals surface area contributed by atoms with Crippen LogP contribution in [0.25, 0.3) is 5.69 Å². The van der Waals surface area contributed by atoms with Crippen molar-refractivity contribution in [3.8, 4) is 5.69 Å². The van der Waals surface area contributed by atoms with Gasteiger partial charge >= 0.3 is 6.03 Å². The van der Waals surface area contributed by atoms with E-state index in [9.17, 15) is 9.18 Å². The first-order valence-corrected chi connectivity index (χ1v) is 9.84. The van der Waals surface area contributed by atoms with Gasteiger partial charge in [0.15, 0.2) is 0 Å². The number of carbonyl (C=O) groups is 1. The molecule has 0 saturated heterocycles. The van der Waals surface area contributed by atoms with Gasteiger partial charge in [0, 0.05) is 17.6 Å². The van der Waals surface area contributed by atoms with Crippen molar-refractivity contribution in [2.45, 2.75) is 12.6 Å². The van der Waals surface area contributed by atoms with Crippen LogP contribution >= 0.6 is 0 Å². The first kappa shape index (κ1) is 18.2. The Balaban J connectivity index is 1.62. The first-order chi connectivity index (χ1) is 14.7. The molecule has 0 bridgehead atoms. The van der Waals surface area contributed by atoms with Crippen LogP contribution in [0.2, 0.25) is 0 Å². The second-order valence-electron chi connectivity index (χ2n) is 7.31.